The minimum atomic E-state index is -0.440. The first-order chi connectivity index (χ1) is 12.1. The molecule has 0 spiro atoms. The Hall–Kier alpha value is -0.320. The fourth-order valence-electron chi connectivity index (χ4n) is 3.09. The topological polar surface area (TPSA) is 117 Å². The lowest BCUT2D eigenvalue weighted by molar-refractivity contribution is 0.0663. The Bertz CT molecular complexity index is 282. The lowest BCUT2D eigenvalue weighted by Gasteiger charge is -2.31. The third-order valence-corrected chi connectivity index (χ3v) is 4.00. The Kier molecular flexibility index (Phi) is 14.5. The molecule has 8 nitrogen and oxygen atoms in total. The first-order valence-corrected chi connectivity index (χ1v) is 9.73. The Morgan fingerprint density at radius 2 is 0.808 bits per heavy atom. The third-order valence-electron chi connectivity index (χ3n) is 4.00. The van der Waals surface area contributed by atoms with Crippen molar-refractivity contribution >= 4 is 0 Å². The summed E-state index contributed by atoms with van der Waals surface area (Å²) in [7, 11) is 0. The summed E-state index contributed by atoms with van der Waals surface area (Å²) in [6, 6.07) is 0. The summed E-state index contributed by atoms with van der Waals surface area (Å²) in [5.41, 5.74) is 5.74. The number of hydrogen-bond donors (Lipinski definition) is 5. The van der Waals surface area contributed by atoms with Crippen molar-refractivity contribution in [3.8, 4) is 0 Å². The van der Waals surface area contributed by atoms with E-state index in [2.05, 4.69) is 14.7 Å². The molecule has 4 atom stereocenters. The number of nitrogens with zero attached hydrogens (tertiary/aromatic N) is 3. The van der Waals surface area contributed by atoms with Gasteiger partial charge in [-0.15, -0.1) is 0 Å². The van der Waals surface area contributed by atoms with Crippen LogP contribution in [0.2, 0.25) is 0 Å². The van der Waals surface area contributed by atoms with Crippen LogP contribution in [-0.2, 0) is 0 Å². The molecule has 0 aliphatic rings. The van der Waals surface area contributed by atoms with Crippen molar-refractivity contribution < 1.29 is 20.4 Å². The average molecular weight is 379 g/mol. The summed E-state index contributed by atoms with van der Waals surface area (Å²) in [5, 5.41) is 38.5. The van der Waals surface area contributed by atoms with E-state index in [9.17, 15) is 20.4 Å². The fraction of sp³-hybridized carbons (Fsp3) is 1.00. The monoisotopic (exact) mass is 378 g/mol. The van der Waals surface area contributed by atoms with Gasteiger partial charge in [0.25, 0.3) is 0 Å². The van der Waals surface area contributed by atoms with Crippen LogP contribution in [0.1, 0.15) is 27.7 Å². The van der Waals surface area contributed by atoms with Crippen molar-refractivity contribution in [2.24, 2.45) is 5.73 Å². The molecule has 0 aromatic carbocycles. The van der Waals surface area contributed by atoms with Crippen molar-refractivity contribution in [1.29, 1.82) is 0 Å². The normalized spacial score (nSPS) is 17.1. The summed E-state index contributed by atoms with van der Waals surface area (Å²) in [5.74, 6) is 0. The first-order valence-electron chi connectivity index (χ1n) is 9.73. The molecule has 0 aliphatic carbocycles. The molecule has 0 fully saturated rings. The molecule has 4 unspecified atom stereocenters. The van der Waals surface area contributed by atoms with Crippen molar-refractivity contribution in [1.82, 2.24) is 14.7 Å². The second-order valence-corrected chi connectivity index (χ2v) is 7.55. The van der Waals surface area contributed by atoms with Gasteiger partial charge in [0.15, 0.2) is 0 Å². The van der Waals surface area contributed by atoms with E-state index in [4.69, 9.17) is 5.73 Å². The minimum Gasteiger partial charge on any atom is -0.392 e. The molecule has 0 radical (unpaired) electrons. The summed E-state index contributed by atoms with van der Waals surface area (Å²) in [4.78, 5) is 6.36. The van der Waals surface area contributed by atoms with Gasteiger partial charge in [-0.25, -0.2) is 0 Å². The van der Waals surface area contributed by atoms with Gasteiger partial charge < -0.3 is 26.2 Å². The number of nitrogens with two attached hydrogens (primary N) is 1. The van der Waals surface area contributed by atoms with Crippen molar-refractivity contribution in [3.63, 3.8) is 0 Å². The van der Waals surface area contributed by atoms with E-state index in [1.807, 2.05) is 0 Å². The number of aliphatic hydroxyl groups is 4. The standard InChI is InChI=1S/C18H42N4O4/c1-15(23)11-21(12-16(2)24)9-7-20(6-5-19)8-10-22(13-17(3)25)14-18(4)26/h15-18,23-26H,5-14,19H2,1-4H3. The molecule has 0 saturated heterocycles. The van der Waals surface area contributed by atoms with Gasteiger partial charge in [-0.2, -0.15) is 0 Å². The average Bonchev–Trinajstić information content (AvgIpc) is 2.47. The van der Waals surface area contributed by atoms with Crippen LogP contribution >= 0.6 is 0 Å². The molecular formula is C18H42N4O4. The van der Waals surface area contributed by atoms with E-state index in [1.165, 1.54) is 0 Å². The largest absolute Gasteiger partial charge is 0.392 e. The van der Waals surface area contributed by atoms with E-state index in [0.29, 0.717) is 32.7 Å². The maximum Gasteiger partial charge on any atom is 0.0639 e. The van der Waals surface area contributed by atoms with Crippen LogP contribution in [0.3, 0.4) is 0 Å². The van der Waals surface area contributed by atoms with E-state index >= 15 is 0 Å². The van der Waals surface area contributed by atoms with Gasteiger partial charge in [0.1, 0.15) is 0 Å². The van der Waals surface area contributed by atoms with Crippen LogP contribution < -0.4 is 5.73 Å². The highest BCUT2D eigenvalue weighted by atomic mass is 16.3. The molecule has 0 rings (SSSR count). The maximum absolute atomic E-state index is 9.64. The first kappa shape index (κ1) is 25.7. The molecule has 0 saturated carbocycles. The molecule has 0 amide bonds. The summed E-state index contributed by atoms with van der Waals surface area (Å²) < 4.78 is 0. The van der Waals surface area contributed by atoms with Crippen LogP contribution in [0.5, 0.6) is 0 Å². The Morgan fingerprint density at radius 1 is 0.538 bits per heavy atom. The quantitative estimate of drug-likeness (QED) is 0.217. The second-order valence-electron chi connectivity index (χ2n) is 7.55. The molecule has 0 bridgehead atoms. The highest BCUT2D eigenvalue weighted by Crippen LogP contribution is 2.00. The highest BCUT2D eigenvalue weighted by molar-refractivity contribution is 4.71. The predicted molar refractivity (Wildman–Crippen MR) is 105 cm³/mol. The number of rotatable bonds is 16. The predicted octanol–water partition coefficient (Wildman–Crippen LogP) is -1.63. The molecule has 0 aliphatic heterocycles. The van der Waals surface area contributed by atoms with E-state index in [0.717, 1.165) is 32.7 Å². The van der Waals surface area contributed by atoms with Gasteiger partial charge in [-0.05, 0) is 27.7 Å². The zero-order valence-corrected chi connectivity index (χ0v) is 17.1. The molecule has 8 heteroatoms. The van der Waals surface area contributed by atoms with Crippen molar-refractivity contribution in [3.05, 3.63) is 0 Å². The van der Waals surface area contributed by atoms with E-state index < -0.39 is 24.4 Å². The molecule has 26 heavy (non-hydrogen) atoms. The van der Waals surface area contributed by atoms with Crippen LogP contribution in [0.4, 0.5) is 0 Å². The van der Waals surface area contributed by atoms with Crippen LogP contribution in [0, 0.1) is 0 Å². The van der Waals surface area contributed by atoms with Gasteiger partial charge in [0.2, 0.25) is 0 Å². The zero-order chi connectivity index (χ0) is 20.1. The fourth-order valence-corrected chi connectivity index (χ4v) is 3.09. The minimum absolute atomic E-state index is 0.440. The third kappa shape index (κ3) is 14.8. The molecule has 0 heterocycles. The Morgan fingerprint density at radius 3 is 1.04 bits per heavy atom. The number of aliphatic hydroxyl groups excluding tert-OH is 4. The lowest BCUT2D eigenvalue weighted by Crippen LogP contribution is -2.46. The van der Waals surface area contributed by atoms with Gasteiger partial charge in [-0.3, -0.25) is 14.7 Å². The van der Waals surface area contributed by atoms with Gasteiger partial charge in [0.05, 0.1) is 24.4 Å². The Labute approximate surface area is 159 Å². The highest BCUT2D eigenvalue weighted by Gasteiger charge is 2.15. The van der Waals surface area contributed by atoms with Crippen molar-refractivity contribution in [2.75, 3.05) is 65.4 Å². The smallest absolute Gasteiger partial charge is 0.0639 e. The van der Waals surface area contributed by atoms with Crippen LogP contribution in [-0.4, -0.2) is 125 Å². The van der Waals surface area contributed by atoms with Crippen LogP contribution in [0.15, 0.2) is 0 Å². The van der Waals surface area contributed by atoms with Crippen molar-refractivity contribution in [2.45, 2.75) is 52.1 Å². The van der Waals surface area contributed by atoms with Gasteiger partial charge in [0, 0.05) is 65.4 Å². The van der Waals surface area contributed by atoms with Gasteiger partial charge in [-0.1, -0.05) is 0 Å². The van der Waals surface area contributed by atoms with Crippen LogP contribution in [0.25, 0.3) is 0 Å². The maximum atomic E-state index is 9.64. The number of hydrogen-bond acceptors (Lipinski definition) is 8. The lowest BCUT2D eigenvalue weighted by atomic mass is 10.2. The van der Waals surface area contributed by atoms with E-state index in [-0.39, 0.29) is 0 Å². The zero-order valence-electron chi connectivity index (χ0n) is 17.1. The second kappa shape index (κ2) is 14.7. The molecule has 6 N–H and O–H groups in total. The summed E-state index contributed by atoms with van der Waals surface area (Å²) >= 11 is 0. The van der Waals surface area contributed by atoms with E-state index in [1.54, 1.807) is 27.7 Å². The molecule has 158 valence electrons. The molecule has 0 aromatic heterocycles. The SMILES string of the molecule is CC(O)CN(CCN(CCN)CCN(CC(C)O)CC(C)O)CC(C)O. The Balaban J connectivity index is 4.58. The molecule has 0 aromatic rings. The molecular weight excluding hydrogens is 336 g/mol. The summed E-state index contributed by atoms with van der Waals surface area (Å²) in [6.45, 7) is 13.5. The summed E-state index contributed by atoms with van der Waals surface area (Å²) in [6.07, 6.45) is -1.76. The van der Waals surface area contributed by atoms with Gasteiger partial charge >= 0.3 is 0 Å².